The molecule has 3 N–H and O–H groups in total. The lowest BCUT2D eigenvalue weighted by atomic mass is 10.1. The van der Waals surface area contributed by atoms with Gasteiger partial charge in [0.15, 0.2) is 0 Å². The Labute approximate surface area is 166 Å². The molecule has 0 radical (unpaired) electrons. The minimum absolute atomic E-state index is 0. The van der Waals surface area contributed by atoms with Gasteiger partial charge >= 0.3 is 5.97 Å². The van der Waals surface area contributed by atoms with Crippen LogP contribution < -0.4 is 16.0 Å². The van der Waals surface area contributed by atoms with Gasteiger partial charge in [-0.15, -0.1) is 24.8 Å². The Morgan fingerprint density at radius 2 is 1.96 bits per heavy atom. The fourth-order valence-electron chi connectivity index (χ4n) is 2.61. The van der Waals surface area contributed by atoms with E-state index >= 15 is 0 Å². The maximum Gasteiger partial charge on any atom is 0.340 e. The molecular formula is C17H27Cl2N3O4. The van der Waals surface area contributed by atoms with Gasteiger partial charge in [-0.3, -0.25) is 4.79 Å². The number of hydrogen-bond acceptors (Lipinski definition) is 6. The van der Waals surface area contributed by atoms with Gasteiger partial charge in [-0.1, -0.05) is 13.3 Å². The normalized spacial score (nSPS) is 14.5. The zero-order valence-corrected chi connectivity index (χ0v) is 16.7. The lowest BCUT2D eigenvalue weighted by Gasteiger charge is -2.29. The van der Waals surface area contributed by atoms with Gasteiger partial charge in [0.05, 0.1) is 37.6 Å². The Hall–Kier alpha value is -1.54. The molecule has 1 aromatic rings. The number of anilines is 2. The number of esters is 1. The Bertz CT molecular complexity index is 595. The van der Waals surface area contributed by atoms with Crippen molar-refractivity contribution in [1.82, 2.24) is 0 Å². The van der Waals surface area contributed by atoms with E-state index in [1.165, 1.54) is 7.11 Å². The highest BCUT2D eigenvalue weighted by Crippen LogP contribution is 2.25. The predicted octanol–water partition coefficient (Wildman–Crippen LogP) is 2.22. The van der Waals surface area contributed by atoms with Crippen molar-refractivity contribution < 1.29 is 19.1 Å². The van der Waals surface area contributed by atoms with Gasteiger partial charge in [-0.05, 0) is 24.6 Å². The molecule has 1 aliphatic rings. The topological polar surface area (TPSA) is 93.9 Å². The van der Waals surface area contributed by atoms with Crippen molar-refractivity contribution in [1.29, 1.82) is 0 Å². The largest absolute Gasteiger partial charge is 0.465 e. The van der Waals surface area contributed by atoms with E-state index in [2.05, 4.69) is 10.2 Å². The standard InChI is InChI=1S/C17H25N3O4.2ClH/c1-3-4-14(18)16(21)19-15-6-5-12(11-13(15)17(22)23-2)20-7-9-24-10-8-20;;/h5-6,11,14H,3-4,7-10,18H2,1-2H3,(H,19,21);2*1H. The summed E-state index contributed by atoms with van der Waals surface area (Å²) in [5, 5.41) is 2.73. The SMILES string of the molecule is CCCC(N)C(=O)Nc1ccc(N2CCOCC2)cc1C(=O)OC.Cl.Cl. The number of rotatable bonds is 6. The number of nitrogens with zero attached hydrogens (tertiary/aromatic N) is 1. The molecule has 0 aromatic heterocycles. The number of halogens is 2. The maximum absolute atomic E-state index is 12.1. The number of ether oxygens (including phenoxy) is 2. The van der Waals surface area contributed by atoms with Crippen LogP contribution in [0.3, 0.4) is 0 Å². The highest BCUT2D eigenvalue weighted by Gasteiger charge is 2.20. The van der Waals surface area contributed by atoms with E-state index in [0.29, 0.717) is 30.9 Å². The van der Waals surface area contributed by atoms with E-state index in [0.717, 1.165) is 25.2 Å². The molecule has 1 atom stereocenters. The number of carbonyl (C=O) groups excluding carboxylic acids is 2. The van der Waals surface area contributed by atoms with Crippen LogP contribution in [-0.4, -0.2) is 51.3 Å². The van der Waals surface area contributed by atoms with Crippen LogP contribution in [0.2, 0.25) is 0 Å². The van der Waals surface area contributed by atoms with Crippen LogP contribution in [0.1, 0.15) is 30.1 Å². The molecular weight excluding hydrogens is 381 g/mol. The van der Waals surface area contributed by atoms with Crippen molar-refractivity contribution in [3.05, 3.63) is 23.8 Å². The van der Waals surface area contributed by atoms with Crippen molar-refractivity contribution in [3.8, 4) is 0 Å². The molecule has 148 valence electrons. The second kappa shape index (κ2) is 12.0. The molecule has 9 heteroatoms. The lowest BCUT2D eigenvalue weighted by Crippen LogP contribution is -2.37. The number of benzene rings is 1. The van der Waals surface area contributed by atoms with E-state index in [1.807, 2.05) is 13.0 Å². The molecule has 1 fully saturated rings. The number of morpholine rings is 1. The first-order chi connectivity index (χ1) is 11.6. The summed E-state index contributed by atoms with van der Waals surface area (Å²) in [4.78, 5) is 26.4. The summed E-state index contributed by atoms with van der Waals surface area (Å²) in [6.07, 6.45) is 1.40. The van der Waals surface area contributed by atoms with Crippen LogP contribution in [-0.2, 0) is 14.3 Å². The first-order valence-electron chi connectivity index (χ1n) is 8.18. The number of methoxy groups -OCH3 is 1. The summed E-state index contributed by atoms with van der Waals surface area (Å²) in [5.41, 5.74) is 7.46. The fraction of sp³-hybridized carbons (Fsp3) is 0.529. The number of nitrogens with one attached hydrogen (secondary N) is 1. The van der Waals surface area contributed by atoms with E-state index in [4.69, 9.17) is 15.2 Å². The molecule has 1 unspecified atom stereocenters. The molecule has 1 aromatic carbocycles. The third-order valence-corrected chi connectivity index (χ3v) is 3.98. The van der Waals surface area contributed by atoms with Crippen LogP contribution in [0, 0.1) is 0 Å². The van der Waals surface area contributed by atoms with Gasteiger partial charge < -0.3 is 25.4 Å². The third kappa shape index (κ3) is 6.32. The minimum atomic E-state index is -0.598. The molecule has 1 saturated heterocycles. The summed E-state index contributed by atoms with van der Waals surface area (Å²) in [6, 6.07) is 4.73. The Morgan fingerprint density at radius 1 is 1.31 bits per heavy atom. The summed E-state index contributed by atoms with van der Waals surface area (Å²) in [5.74, 6) is -0.800. The molecule has 26 heavy (non-hydrogen) atoms. The quantitative estimate of drug-likeness (QED) is 0.702. The van der Waals surface area contributed by atoms with Crippen molar-refractivity contribution in [2.75, 3.05) is 43.6 Å². The average Bonchev–Trinajstić information content (AvgIpc) is 2.62. The summed E-state index contributed by atoms with van der Waals surface area (Å²) in [7, 11) is 1.32. The molecule has 1 amide bonds. The van der Waals surface area contributed by atoms with E-state index in [1.54, 1.807) is 12.1 Å². The zero-order valence-electron chi connectivity index (χ0n) is 15.0. The van der Waals surface area contributed by atoms with Gasteiger partial charge in [0, 0.05) is 18.8 Å². The molecule has 0 aliphatic carbocycles. The van der Waals surface area contributed by atoms with Gasteiger partial charge in [-0.2, -0.15) is 0 Å². The first-order valence-corrected chi connectivity index (χ1v) is 8.18. The highest BCUT2D eigenvalue weighted by atomic mass is 35.5. The summed E-state index contributed by atoms with van der Waals surface area (Å²) < 4.78 is 10.2. The molecule has 0 spiro atoms. The van der Waals surface area contributed by atoms with Crippen LogP contribution in [0.15, 0.2) is 18.2 Å². The third-order valence-electron chi connectivity index (χ3n) is 3.98. The number of carbonyl (C=O) groups is 2. The fourth-order valence-corrected chi connectivity index (χ4v) is 2.61. The van der Waals surface area contributed by atoms with Crippen LogP contribution in [0.5, 0.6) is 0 Å². The van der Waals surface area contributed by atoms with Crippen molar-refractivity contribution in [3.63, 3.8) is 0 Å². The van der Waals surface area contributed by atoms with Gasteiger partial charge in [0.1, 0.15) is 0 Å². The maximum atomic E-state index is 12.1. The van der Waals surface area contributed by atoms with Crippen molar-refractivity contribution in [2.45, 2.75) is 25.8 Å². The lowest BCUT2D eigenvalue weighted by molar-refractivity contribution is -0.117. The van der Waals surface area contributed by atoms with E-state index in [9.17, 15) is 9.59 Å². The summed E-state index contributed by atoms with van der Waals surface area (Å²) >= 11 is 0. The molecule has 2 rings (SSSR count). The van der Waals surface area contributed by atoms with E-state index in [-0.39, 0.29) is 30.7 Å². The highest BCUT2D eigenvalue weighted by molar-refractivity contribution is 6.03. The second-order valence-corrected chi connectivity index (χ2v) is 5.71. The van der Waals surface area contributed by atoms with Gasteiger partial charge in [0.2, 0.25) is 5.91 Å². The minimum Gasteiger partial charge on any atom is -0.465 e. The zero-order chi connectivity index (χ0) is 17.5. The van der Waals surface area contributed by atoms with Crippen molar-refractivity contribution in [2.24, 2.45) is 5.73 Å². The smallest absolute Gasteiger partial charge is 0.340 e. The van der Waals surface area contributed by atoms with Crippen LogP contribution in [0.4, 0.5) is 11.4 Å². The predicted molar refractivity (Wildman–Crippen MR) is 107 cm³/mol. The molecule has 0 saturated carbocycles. The molecule has 7 nitrogen and oxygen atoms in total. The Balaban J connectivity index is 0.00000312. The Kier molecular flexibility index (Phi) is 11.2. The number of hydrogen-bond donors (Lipinski definition) is 2. The number of amides is 1. The van der Waals surface area contributed by atoms with Crippen molar-refractivity contribution >= 4 is 48.1 Å². The van der Waals surface area contributed by atoms with E-state index < -0.39 is 12.0 Å². The molecule has 1 heterocycles. The molecule has 1 aliphatic heterocycles. The Morgan fingerprint density at radius 3 is 2.54 bits per heavy atom. The van der Waals surface area contributed by atoms with Gasteiger partial charge in [-0.25, -0.2) is 4.79 Å². The monoisotopic (exact) mass is 407 g/mol. The first kappa shape index (κ1) is 24.5. The molecule has 0 bridgehead atoms. The number of nitrogens with two attached hydrogens (primary N) is 1. The second-order valence-electron chi connectivity index (χ2n) is 5.71. The summed E-state index contributed by atoms with van der Waals surface area (Å²) in [6.45, 7) is 4.78. The van der Waals surface area contributed by atoms with Gasteiger partial charge in [0.25, 0.3) is 0 Å². The average molecular weight is 408 g/mol. The van der Waals surface area contributed by atoms with Crippen LogP contribution >= 0.6 is 24.8 Å². The van der Waals surface area contributed by atoms with Crippen LogP contribution in [0.25, 0.3) is 0 Å².